The summed E-state index contributed by atoms with van der Waals surface area (Å²) in [6.07, 6.45) is 14.6. The lowest BCUT2D eigenvalue weighted by molar-refractivity contribution is -0.218. The van der Waals surface area contributed by atoms with Crippen molar-refractivity contribution in [3.05, 3.63) is 35.7 Å². The van der Waals surface area contributed by atoms with E-state index in [4.69, 9.17) is 14.2 Å². The zero-order chi connectivity index (χ0) is 27.7. The topological polar surface area (TPSA) is 115 Å². The molecule has 1 saturated heterocycles. The summed E-state index contributed by atoms with van der Waals surface area (Å²) in [6, 6.07) is 0. The first kappa shape index (κ1) is 30.1. The average molecular weight is 532 g/mol. The van der Waals surface area contributed by atoms with Crippen LogP contribution in [0.15, 0.2) is 24.5 Å². The number of hydrogen-bond acceptors (Lipinski definition) is 6. The Morgan fingerprint density at radius 2 is 1.68 bits per heavy atom. The molecular weight excluding hydrogens is 486 g/mol. The lowest BCUT2D eigenvalue weighted by Crippen LogP contribution is -2.54. The molecule has 3 aliphatic carbocycles. The molecule has 38 heavy (non-hydrogen) atoms. The number of pyridine rings is 1. The number of aromatic carboxylic acids is 2. The first-order valence-corrected chi connectivity index (χ1v) is 14.3. The summed E-state index contributed by atoms with van der Waals surface area (Å²) in [4.78, 5) is 26.8. The predicted octanol–water partition coefficient (Wildman–Crippen LogP) is 6.60. The summed E-state index contributed by atoms with van der Waals surface area (Å²) in [7, 11) is 0. The Hall–Kier alpha value is -2.45. The molecule has 4 aliphatic rings. The Balaban J connectivity index is 0.000000504. The number of fused-ring (bicyclic) bond motifs is 3. The van der Waals surface area contributed by atoms with Crippen LogP contribution in [0.3, 0.4) is 0 Å². The highest BCUT2D eigenvalue weighted by Crippen LogP contribution is 2.58. The van der Waals surface area contributed by atoms with Crippen LogP contribution in [0.2, 0.25) is 0 Å². The zero-order valence-corrected chi connectivity index (χ0v) is 23.2. The second-order valence-electron chi connectivity index (χ2n) is 10.8. The molecule has 8 nitrogen and oxygen atoms in total. The van der Waals surface area contributed by atoms with Gasteiger partial charge in [0.1, 0.15) is 17.9 Å². The van der Waals surface area contributed by atoms with E-state index in [2.05, 4.69) is 18.5 Å². The maximum absolute atomic E-state index is 11.5. The second-order valence-corrected chi connectivity index (χ2v) is 10.8. The quantitative estimate of drug-likeness (QED) is 0.395. The van der Waals surface area contributed by atoms with E-state index in [1.54, 1.807) is 0 Å². The Morgan fingerprint density at radius 3 is 2.26 bits per heavy atom. The molecule has 0 spiro atoms. The molecule has 4 fully saturated rings. The smallest absolute Gasteiger partial charge is 0.341 e. The van der Waals surface area contributed by atoms with Crippen LogP contribution in [0.5, 0.6) is 5.75 Å². The van der Waals surface area contributed by atoms with Crippen molar-refractivity contribution in [2.24, 2.45) is 23.2 Å². The highest BCUT2D eigenvalue weighted by atomic mass is 16.7. The van der Waals surface area contributed by atoms with Gasteiger partial charge in [0.2, 0.25) is 0 Å². The Labute approximate surface area is 226 Å². The number of hydrogen-bond donors (Lipinski definition) is 2. The van der Waals surface area contributed by atoms with Gasteiger partial charge in [-0.1, -0.05) is 65.0 Å². The maximum Gasteiger partial charge on any atom is 0.341 e. The van der Waals surface area contributed by atoms with Gasteiger partial charge in [-0.15, -0.1) is 0 Å². The van der Waals surface area contributed by atoms with Crippen molar-refractivity contribution in [3.63, 3.8) is 0 Å². The number of nitrogens with zero attached hydrogens (tertiary/aromatic N) is 1. The number of rotatable bonds is 6. The van der Waals surface area contributed by atoms with Crippen LogP contribution in [0, 0.1) is 23.2 Å². The van der Waals surface area contributed by atoms with Crippen molar-refractivity contribution < 1.29 is 34.0 Å². The van der Waals surface area contributed by atoms with Gasteiger partial charge in [-0.3, -0.25) is 4.98 Å². The van der Waals surface area contributed by atoms with Crippen molar-refractivity contribution in [3.8, 4) is 5.75 Å². The summed E-state index contributed by atoms with van der Waals surface area (Å²) in [5, 5.41) is 18.8. The molecule has 1 aromatic heterocycles. The van der Waals surface area contributed by atoms with Crippen LogP contribution in [0.1, 0.15) is 106 Å². The molecule has 2 N–H and O–H groups in total. The molecule has 0 amide bonds. The Bertz CT molecular complexity index is 920. The van der Waals surface area contributed by atoms with Crippen LogP contribution in [-0.2, 0) is 9.47 Å². The third kappa shape index (κ3) is 6.75. The minimum absolute atomic E-state index is 0.0351. The molecule has 5 rings (SSSR count). The molecule has 0 aromatic carbocycles. The fourth-order valence-electron chi connectivity index (χ4n) is 6.91. The van der Waals surface area contributed by atoms with E-state index in [1.165, 1.54) is 37.7 Å². The summed E-state index contributed by atoms with van der Waals surface area (Å²) < 4.78 is 17.3. The van der Waals surface area contributed by atoms with Crippen LogP contribution >= 0.6 is 0 Å². The van der Waals surface area contributed by atoms with Crippen molar-refractivity contribution in [1.29, 1.82) is 0 Å². The van der Waals surface area contributed by atoms with E-state index < -0.39 is 11.9 Å². The molecule has 0 bridgehead atoms. The lowest BCUT2D eigenvalue weighted by Gasteiger charge is -2.57. The molecule has 8 heteroatoms. The van der Waals surface area contributed by atoms with Crippen LogP contribution in [0.4, 0.5) is 0 Å². The van der Waals surface area contributed by atoms with E-state index in [0.29, 0.717) is 25.0 Å². The monoisotopic (exact) mass is 531 g/mol. The number of carboxylic acid groups (broad SMARTS) is 2. The van der Waals surface area contributed by atoms with E-state index in [9.17, 15) is 19.8 Å². The molecule has 1 aromatic rings. The van der Waals surface area contributed by atoms with E-state index in [1.807, 2.05) is 13.8 Å². The maximum atomic E-state index is 11.5. The minimum atomic E-state index is -1.27. The normalized spacial score (nSPS) is 29.9. The SMILES string of the molecule is C1CCCC1.C=C1CCC2C3COCOC3CCC2(C)C1CCOc1c(C(=O)O)cncc1C(=O)O.CC. The van der Waals surface area contributed by atoms with Gasteiger partial charge in [-0.25, -0.2) is 9.59 Å². The van der Waals surface area contributed by atoms with Crippen molar-refractivity contribution >= 4 is 11.9 Å². The van der Waals surface area contributed by atoms with Gasteiger partial charge in [0, 0.05) is 18.3 Å². The fourth-order valence-corrected chi connectivity index (χ4v) is 6.91. The Kier molecular flexibility index (Phi) is 11.2. The molecule has 2 heterocycles. The first-order chi connectivity index (χ1) is 18.3. The Morgan fingerprint density at radius 1 is 1.08 bits per heavy atom. The highest BCUT2D eigenvalue weighted by molar-refractivity contribution is 5.98. The molecular formula is C30H45NO7. The fraction of sp³-hybridized carbons (Fsp3) is 0.700. The number of allylic oxidation sites excluding steroid dienone is 1. The van der Waals surface area contributed by atoms with Crippen molar-refractivity contribution in [2.45, 2.75) is 91.1 Å². The minimum Gasteiger partial charge on any atom is -0.492 e. The molecule has 212 valence electrons. The van der Waals surface area contributed by atoms with Crippen LogP contribution in [-0.4, -0.2) is 53.2 Å². The number of aromatic nitrogens is 1. The number of ether oxygens (including phenoxy) is 3. The van der Waals surface area contributed by atoms with Gasteiger partial charge in [0.15, 0.2) is 5.75 Å². The van der Waals surface area contributed by atoms with Crippen molar-refractivity contribution in [1.82, 2.24) is 4.98 Å². The summed E-state index contributed by atoms with van der Waals surface area (Å²) >= 11 is 0. The zero-order valence-electron chi connectivity index (χ0n) is 23.2. The second kappa shape index (κ2) is 14.1. The molecule has 5 atom stereocenters. The summed E-state index contributed by atoms with van der Waals surface area (Å²) in [6.45, 7) is 12.0. The standard InChI is InChI=1S/C23H29NO7.C5H10.C2H6/c1-13-3-4-18-16-11-29-12-31-19(16)5-7-23(18,2)17(13)6-8-30-20-14(21(25)26)9-24-10-15(20)22(27)28;1-2-4-5-3-1;1-2/h9-10,16-19H,1,3-8,11-12H2,2H3,(H,25,26)(H,27,28);1-5H2;1-2H3. The predicted molar refractivity (Wildman–Crippen MR) is 145 cm³/mol. The average Bonchev–Trinajstić information content (AvgIpc) is 3.51. The van der Waals surface area contributed by atoms with Gasteiger partial charge in [0.25, 0.3) is 0 Å². The summed E-state index contributed by atoms with van der Waals surface area (Å²) in [5.74, 6) is -1.63. The van der Waals surface area contributed by atoms with E-state index >= 15 is 0 Å². The van der Waals surface area contributed by atoms with E-state index in [0.717, 1.165) is 44.7 Å². The van der Waals surface area contributed by atoms with Crippen LogP contribution < -0.4 is 4.74 Å². The molecule has 3 saturated carbocycles. The lowest BCUT2D eigenvalue weighted by atomic mass is 9.50. The number of carbonyl (C=O) groups is 2. The van der Waals surface area contributed by atoms with Gasteiger partial charge < -0.3 is 24.4 Å². The first-order valence-electron chi connectivity index (χ1n) is 14.3. The van der Waals surface area contributed by atoms with E-state index in [-0.39, 0.29) is 40.9 Å². The van der Waals surface area contributed by atoms with Crippen LogP contribution in [0.25, 0.3) is 0 Å². The number of carboxylic acids is 2. The largest absolute Gasteiger partial charge is 0.492 e. The van der Waals surface area contributed by atoms with Gasteiger partial charge in [-0.05, 0) is 49.4 Å². The molecule has 1 aliphatic heterocycles. The van der Waals surface area contributed by atoms with Gasteiger partial charge >= 0.3 is 11.9 Å². The highest BCUT2D eigenvalue weighted by Gasteiger charge is 2.53. The van der Waals surface area contributed by atoms with Gasteiger partial charge in [-0.2, -0.15) is 0 Å². The van der Waals surface area contributed by atoms with Crippen molar-refractivity contribution in [2.75, 3.05) is 20.0 Å². The van der Waals surface area contributed by atoms with Gasteiger partial charge in [0.05, 0.1) is 19.3 Å². The molecule has 0 radical (unpaired) electrons. The third-order valence-electron chi connectivity index (χ3n) is 8.81. The summed E-state index contributed by atoms with van der Waals surface area (Å²) in [5.41, 5.74) is 0.727. The molecule has 5 unspecified atom stereocenters. The third-order valence-corrected chi connectivity index (χ3v) is 8.81.